The smallest absolute Gasteiger partial charge is 0.303 e. The lowest BCUT2D eigenvalue weighted by molar-refractivity contribution is -0.153. The summed E-state index contributed by atoms with van der Waals surface area (Å²) in [5, 5.41) is 2.67. The molecule has 0 heterocycles. The molecule has 1 N–H and O–H groups in total. The molecule has 0 aromatic rings. The molecule has 4 atom stereocenters. The average Bonchev–Trinajstić information content (AvgIpc) is 2.62. The van der Waals surface area contributed by atoms with Crippen LogP contribution in [-0.2, 0) is 0 Å². The van der Waals surface area contributed by atoms with Gasteiger partial charge in [0.2, 0.25) is 0 Å². The minimum Gasteiger partial charge on any atom is -0.303 e. The monoisotopic (exact) mass is 205 g/mol. The summed E-state index contributed by atoms with van der Waals surface area (Å²) in [6.45, 7) is 1.19. The van der Waals surface area contributed by atoms with E-state index < -0.39 is 12.2 Å². The molecular formula is C10H14F3N. The minimum absolute atomic E-state index is 0.0293. The Morgan fingerprint density at radius 2 is 2.00 bits per heavy atom. The van der Waals surface area contributed by atoms with Gasteiger partial charge in [0, 0.05) is 6.04 Å². The quantitative estimate of drug-likeness (QED) is 0.683. The Hall–Kier alpha value is -0.510. The molecule has 2 bridgehead atoms. The second-order valence-corrected chi connectivity index (χ2v) is 4.32. The molecule has 0 aromatic carbocycles. The van der Waals surface area contributed by atoms with Crippen LogP contribution >= 0.6 is 0 Å². The molecule has 1 fully saturated rings. The number of halogens is 3. The van der Waals surface area contributed by atoms with Gasteiger partial charge in [0.05, 0.1) is 0 Å². The lowest BCUT2D eigenvalue weighted by Crippen LogP contribution is -2.46. The van der Waals surface area contributed by atoms with E-state index in [4.69, 9.17) is 0 Å². The summed E-state index contributed by atoms with van der Waals surface area (Å²) in [5.41, 5.74) is 0. The fourth-order valence-corrected chi connectivity index (χ4v) is 2.39. The van der Waals surface area contributed by atoms with Gasteiger partial charge in [0.1, 0.15) is 6.04 Å². The van der Waals surface area contributed by atoms with Crippen LogP contribution in [0, 0.1) is 11.8 Å². The van der Waals surface area contributed by atoms with E-state index in [1.807, 2.05) is 0 Å². The van der Waals surface area contributed by atoms with Gasteiger partial charge in [0.15, 0.2) is 0 Å². The van der Waals surface area contributed by atoms with Crippen LogP contribution in [0.2, 0.25) is 0 Å². The highest BCUT2D eigenvalue weighted by Crippen LogP contribution is 2.39. The third-order valence-electron chi connectivity index (χ3n) is 3.23. The Labute approximate surface area is 81.4 Å². The lowest BCUT2D eigenvalue weighted by atomic mass is 10.0. The molecule has 2 unspecified atom stereocenters. The summed E-state index contributed by atoms with van der Waals surface area (Å²) < 4.78 is 36.8. The van der Waals surface area contributed by atoms with Crippen molar-refractivity contribution in [1.82, 2.24) is 5.32 Å². The third-order valence-corrected chi connectivity index (χ3v) is 3.23. The van der Waals surface area contributed by atoms with E-state index in [1.165, 1.54) is 6.92 Å². The maximum absolute atomic E-state index is 12.3. The second kappa shape index (κ2) is 3.26. The molecule has 80 valence electrons. The molecular weight excluding hydrogens is 191 g/mol. The molecule has 0 amide bonds. The van der Waals surface area contributed by atoms with Crippen LogP contribution in [0.4, 0.5) is 13.2 Å². The summed E-state index contributed by atoms with van der Waals surface area (Å²) in [6.07, 6.45) is 1.95. The number of alkyl halides is 3. The molecule has 2 aliphatic rings. The molecule has 2 aliphatic carbocycles. The topological polar surface area (TPSA) is 12.0 Å². The van der Waals surface area contributed by atoms with Crippen LogP contribution in [0.1, 0.15) is 19.8 Å². The average molecular weight is 205 g/mol. The van der Waals surface area contributed by atoms with Gasteiger partial charge in [-0.15, -0.1) is 0 Å². The van der Waals surface area contributed by atoms with Gasteiger partial charge < -0.3 is 5.32 Å². The van der Waals surface area contributed by atoms with Crippen LogP contribution < -0.4 is 5.32 Å². The molecule has 0 aliphatic heterocycles. The van der Waals surface area contributed by atoms with Gasteiger partial charge in [-0.25, -0.2) is 0 Å². The molecule has 0 aromatic heterocycles. The molecule has 4 heteroatoms. The van der Waals surface area contributed by atoms with Gasteiger partial charge in [-0.2, -0.15) is 13.2 Å². The zero-order valence-corrected chi connectivity index (χ0v) is 8.01. The summed E-state index contributed by atoms with van der Waals surface area (Å²) in [7, 11) is 0. The third kappa shape index (κ3) is 1.80. The molecule has 14 heavy (non-hydrogen) atoms. The zero-order valence-electron chi connectivity index (χ0n) is 8.01. The molecule has 0 radical (unpaired) electrons. The number of fused-ring (bicyclic) bond motifs is 2. The van der Waals surface area contributed by atoms with Crippen LogP contribution in [0.25, 0.3) is 0 Å². The van der Waals surface area contributed by atoms with Crippen molar-refractivity contribution in [3.05, 3.63) is 12.2 Å². The normalized spacial score (nSPS) is 37.9. The summed E-state index contributed by atoms with van der Waals surface area (Å²) >= 11 is 0. The number of allylic oxidation sites excluding steroid dienone is 1. The highest BCUT2D eigenvalue weighted by molar-refractivity contribution is 5.12. The Kier molecular flexibility index (Phi) is 2.33. The Morgan fingerprint density at radius 3 is 2.43 bits per heavy atom. The van der Waals surface area contributed by atoms with Gasteiger partial charge in [0.25, 0.3) is 0 Å². The van der Waals surface area contributed by atoms with E-state index in [0.29, 0.717) is 11.8 Å². The van der Waals surface area contributed by atoms with E-state index >= 15 is 0 Å². The van der Waals surface area contributed by atoms with Crippen LogP contribution in [0.5, 0.6) is 0 Å². The second-order valence-electron chi connectivity index (χ2n) is 4.32. The summed E-state index contributed by atoms with van der Waals surface area (Å²) in [6, 6.07) is -1.36. The lowest BCUT2D eigenvalue weighted by Gasteiger charge is -2.25. The van der Waals surface area contributed by atoms with Crippen LogP contribution in [0.3, 0.4) is 0 Å². The van der Waals surface area contributed by atoms with Crippen molar-refractivity contribution in [2.45, 2.75) is 38.0 Å². The van der Waals surface area contributed by atoms with Crippen molar-refractivity contribution in [2.75, 3.05) is 0 Å². The van der Waals surface area contributed by atoms with E-state index in [-0.39, 0.29) is 6.04 Å². The highest BCUT2D eigenvalue weighted by Gasteiger charge is 2.42. The number of hydrogen-bond donors (Lipinski definition) is 1. The maximum Gasteiger partial charge on any atom is 0.403 e. The number of nitrogens with one attached hydrogen (secondary N) is 1. The Balaban J connectivity index is 1.90. The molecule has 0 spiro atoms. The standard InChI is InChI=1S/C10H14F3N/c1-6(10(11,12)13)14-9-5-7-2-3-8(9)4-7/h2-3,6-9,14H,4-5H2,1H3/t6?,7-,8+,9?/m1/s1. The minimum atomic E-state index is -4.12. The van der Waals surface area contributed by atoms with Crippen LogP contribution in [-0.4, -0.2) is 18.3 Å². The van der Waals surface area contributed by atoms with Crippen molar-refractivity contribution < 1.29 is 13.2 Å². The van der Waals surface area contributed by atoms with Gasteiger partial charge >= 0.3 is 6.18 Å². The molecule has 1 nitrogen and oxygen atoms in total. The molecule has 0 saturated heterocycles. The SMILES string of the molecule is CC(NC1C[C@@H]2C=C[C@H]1C2)C(F)(F)F. The molecule has 1 saturated carbocycles. The first kappa shape index (κ1) is 10.0. The highest BCUT2D eigenvalue weighted by atomic mass is 19.4. The van der Waals surface area contributed by atoms with E-state index in [1.54, 1.807) is 0 Å². The largest absolute Gasteiger partial charge is 0.403 e. The maximum atomic E-state index is 12.3. The van der Waals surface area contributed by atoms with Crippen molar-refractivity contribution in [3.63, 3.8) is 0 Å². The van der Waals surface area contributed by atoms with E-state index in [0.717, 1.165) is 12.8 Å². The first-order valence-corrected chi connectivity index (χ1v) is 4.98. The number of rotatable bonds is 2. The number of hydrogen-bond acceptors (Lipinski definition) is 1. The van der Waals surface area contributed by atoms with Gasteiger partial charge in [-0.1, -0.05) is 12.2 Å². The van der Waals surface area contributed by atoms with Crippen LogP contribution in [0.15, 0.2) is 12.2 Å². The first-order chi connectivity index (χ1) is 6.47. The fraction of sp³-hybridized carbons (Fsp3) is 0.800. The summed E-state index contributed by atoms with van der Waals surface area (Å²) in [4.78, 5) is 0. The Bertz CT molecular complexity index is 246. The Morgan fingerprint density at radius 1 is 1.29 bits per heavy atom. The van der Waals surface area contributed by atoms with Gasteiger partial charge in [-0.3, -0.25) is 0 Å². The predicted molar refractivity (Wildman–Crippen MR) is 47.8 cm³/mol. The van der Waals surface area contributed by atoms with Gasteiger partial charge in [-0.05, 0) is 31.6 Å². The fourth-order valence-electron chi connectivity index (χ4n) is 2.39. The van der Waals surface area contributed by atoms with E-state index in [2.05, 4.69) is 17.5 Å². The first-order valence-electron chi connectivity index (χ1n) is 4.98. The molecule has 2 rings (SSSR count). The van der Waals surface area contributed by atoms with Crippen molar-refractivity contribution in [3.8, 4) is 0 Å². The zero-order chi connectivity index (χ0) is 10.3. The summed E-state index contributed by atoms with van der Waals surface area (Å²) in [5.74, 6) is 0.836. The van der Waals surface area contributed by atoms with Crippen molar-refractivity contribution in [2.24, 2.45) is 11.8 Å². The van der Waals surface area contributed by atoms with Crippen molar-refractivity contribution in [1.29, 1.82) is 0 Å². The van der Waals surface area contributed by atoms with Crippen molar-refractivity contribution >= 4 is 0 Å². The van der Waals surface area contributed by atoms with E-state index in [9.17, 15) is 13.2 Å². The predicted octanol–water partition coefficient (Wildman–Crippen LogP) is 2.49.